The van der Waals surface area contributed by atoms with E-state index in [-0.39, 0.29) is 17.4 Å². The van der Waals surface area contributed by atoms with Crippen LogP contribution in [0.25, 0.3) is 0 Å². The van der Waals surface area contributed by atoms with Crippen molar-refractivity contribution in [2.75, 3.05) is 40.5 Å². The molecule has 1 atom stereocenters. The first-order valence-electron chi connectivity index (χ1n) is 8.65. The van der Waals surface area contributed by atoms with E-state index in [1.165, 1.54) is 0 Å². The van der Waals surface area contributed by atoms with E-state index in [4.69, 9.17) is 14.2 Å². The topological polar surface area (TPSA) is 48.0 Å². The normalized spacial score (nSPS) is 22.8. The van der Waals surface area contributed by atoms with Gasteiger partial charge in [0.1, 0.15) is 5.75 Å². The highest BCUT2D eigenvalue weighted by Gasteiger charge is 2.42. The van der Waals surface area contributed by atoms with E-state index < -0.39 is 0 Å². The highest BCUT2D eigenvalue weighted by molar-refractivity contribution is 5.78. The molecule has 0 bridgehead atoms. The van der Waals surface area contributed by atoms with Gasteiger partial charge in [0.25, 0.3) is 0 Å². The lowest BCUT2D eigenvalue weighted by atomic mass is 9.76. The summed E-state index contributed by atoms with van der Waals surface area (Å²) in [6.07, 6.45) is 3.79. The first kappa shape index (κ1) is 17.2. The average molecular weight is 333 g/mol. The van der Waals surface area contributed by atoms with Crippen LogP contribution in [-0.2, 0) is 20.7 Å². The fourth-order valence-corrected chi connectivity index (χ4v) is 3.80. The molecule has 0 N–H and O–H groups in total. The molecule has 5 heteroatoms. The number of ether oxygens (including phenoxy) is 3. The Morgan fingerprint density at radius 1 is 1.25 bits per heavy atom. The molecule has 3 rings (SSSR count). The average Bonchev–Trinajstić information content (AvgIpc) is 2.99. The molecule has 0 aromatic heterocycles. The fraction of sp³-hybridized carbons (Fsp3) is 0.632. The maximum atomic E-state index is 12.5. The number of hydrogen-bond acceptors (Lipinski definition) is 4. The zero-order valence-corrected chi connectivity index (χ0v) is 14.6. The highest BCUT2D eigenvalue weighted by Crippen LogP contribution is 2.42. The van der Waals surface area contributed by atoms with Crippen molar-refractivity contribution < 1.29 is 19.0 Å². The number of amides is 1. The van der Waals surface area contributed by atoms with Crippen molar-refractivity contribution in [3.63, 3.8) is 0 Å². The third-order valence-electron chi connectivity index (χ3n) is 5.33. The summed E-state index contributed by atoms with van der Waals surface area (Å²) in [6, 6.07) is 7.73. The number of carbonyl (C=O) groups excluding carboxylic acids is 1. The van der Waals surface area contributed by atoms with Crippen molar-refractivity contribution in [2.24, 2.45) is 5.41 Å². The molecule has 5 nitrogen and oxygen atoms in total. The summed E-state index contributed by atoms with van der Waals surface area (Å²) in [7, 11) is 3.36. The van der Waals surface area contributed by atoms with E-state index in [1.54, 1.807) is 14.2 Å². The lowest BCUT2D eigenvalue weighted by molar-refractivity contribution is -0.132. The van der Waals surface area contributed by atoms with Gasteiger partial charge >= 0.3 is 0 Å². The van der Waals surface area contributed by atoms with Crippen LogP contribution < -0.4 is 4.74 Å². The van der Waals surface area contributed by atoms with Gasteiger partial charge < -0.3 is 19.1 Å². The molecule has 0 saturated carbocycles. The fourth-order valence-electron chi connectivity index (χ4n) is 3.80. The first-order chi connectivity index (χ1) is 11.6. The number of likely N-dealkylation sites (tertiary alicyclic amines) is 1. The van der Waals surface area contributed by atoms with Crippen molar-refractivity contribution in [1.29, 1.82) is 0 Å². The third kappa shape index (κ3) is 3.90. The van der Waals surface area contributed by atoms with Gasteiger partial charge in [-0.2, -0.15) is 0 Å². The molecule has 2 heterocycles. The molecule has 1 amide bonds. The zero-order valence-electron chi connectivity index (χ0n) is 14.6. The minimum atomic E-state index is 0.211. The van der Waals surface area contributed by atoms with E-state index in [0.29, 0.717) is 13.0 Å². The Bertz CT molecular complexity index is 549. The highest BCUT2D eigenvalue weighted by atomic mass is 16.5. The number of methoxy groups -OCH3 is 2. The molecule has 2 fully saturated rings. The molecule has 24 heavy (non-hydrogen) atoms. The Labute approximate surface area is 143 Å². The second kappa shape index (κ2) is 7.53. The van der Waals surface area contributed by atoms with E-state index in [0.717, 1.165) is 50.3 Å². The summed E-state index contributed by atoms with van der Waals surface area (Å²) < 4.78 is 16.2. The summed E-state index contributed by atoms with van der Waals surface area (Å²) in [5.74, 6) is 1.03. The van der Waals surface area contributed by atoms with Gasteiger partial charge in [0, 0.05) is 20.2 Å². The molecule has 2 aliphatic rings. The van der Waals surface area contributed by atoms with Gasteiger partial charge in [-0.25, -0.2) is 0 Å². The van der Waals surface area contributed by atoms with Crippen LogP contribution in [0.5, 0.6) is 5.75 Å². The Balaban J connectivity index is 1.50. The minimum absolute atomic E-state index is 0.211. The third-order valence-corrected chi connectivity index (χ3v) is 5.33. The van der Waals surface area contributed by atoms with E-state index >= 15 is 0 Å². The van der Waals surface area contributed by atoms with Crippen LogP contribution in [-0.4, -0.2) is 57.4 Å². The van der Waals surface area contributed by atoms with Crippen LogP contribution in [0.1, 0.15) is 24.8 Å². The van der Waals surface area contributed by atoms with Gasteiger partial charge in [0.15, 0.2) is 0 Å². The molecule has 1 aromatic carbocycles. The monoisotopic (exact) mass is 333 g/mol. The number of nitrogens with zero attached hydrogens (tertiary/aromatic N) is 1. The molecule has 1 aromatic rings. The minimum Gasteiger partial charge on any atom is -0.497 e. The van der Waals surface area contributed by atoms with Crippen LogP contribution in [0.4, 0.5) is 0 Å². The van der Waals surface area contributed by atoms with Crippen molar-refractivity contribution in [3.05, 3.63) is 29.8 Å². The second-order valence-corrected chi connectivity index (χ2v) is 7.00. The lowest BCUT2D eigenvalue weighted by Crippen LogP contribution is -2.44. The molecular weight excluding hydrogens is 306 g/mol. The molecular formula is C19H27NO4. The zero-order chi connectivity index (χ0) is 17.0. The van der Waals surface area contributed by atoms with Crippen LogP contribution in [0, 0.1) is 5.41 Å². The molecule has 1 spiro atoms. The van der Waals surface area contributed by atoms with Gasteiger partial charge in [-0.1, -0.05) is 12.1 Å². The van der Waals surface area contributed by atoms with Gasteiger partial charge in [0.05, 0.1) is 32.8 Å². The van der Waals surface area contributed by atoms with Crippen molar-refractivity contribution in [3.8, 4) is 5.75 Å². The maximum absolute atomic E-state index is 12.5. The predicted molar refractivity (Wildman–Crippen MR) is 91.2 cm³/mol. The summed E-state index contributed by atoms with van der Waals surface area (Å²) in [5.41, 5.74) is 1.28. The summed E-state index contributed by atoms with van der Waals surface area (Å²) in [6.45, 7) is 3.14. The number of hydrogen-bond donors (Lipinski definition) is 0. The molecule has 2 saturated heterocycles. The SMILES string of the molecule is COC[C@@H]1CC2(CCN(C(=O)Cc3ccc(OC)cc3)CC2)CO1. The largest absolute Gasteiger partial charge is 0.497 e. The van der Waals surface area contributed by atoms with Gasteiger partial charge in [-0.3, -0.25) is 4.79 Å². The van der Waals surface area contributed by atoms with Gasteiger partial charge in [-0.05, 0) is 42.4 Å². The summed E-state index contributed by atoms with van der Waals surface area (Å²) in [5, 5.41) is 0. The van der Waals surface area contributed by atoms with E-state index in [9.17, 15) is 4.79 Å². The van der Waals surface area contributed by atoms with Gasteiger partial charge in [0.2, 0.25) is 5.91 Å². The Kier molecular flexibility index (Phi) is 5.41. The number of rotatable bonds is 5. The molecule has 0 aliphatic carbocycles. The number of piperidine rings is 1. The number of benzene rings is 1. The standard InChI is InChI=1S/C19H27NO4/c1-22-13-17-12-19(14-24-17)7-9-20(10-8-19)18(21)11-15-3-5-16(23-2)6-4-15/h3-6,17H,7-14H2,1-2H3/t17-/m0/s1. The van der Waals surface area contributed by atoms with Crippen LogP contribution in [0.15, 0.2) is 24.3 Å². The summed E-state index contributed by atoms with van der Waals surface area (Å²) >= 11 is 0. The summed E-state index contributed by atoms with van der Waals surface area (Å²) in [4.78, 5) is 14.5. The number of carbonyl (C=O) groups is 1. The maximum Gasteiger partial charge on any atom is 0.226 e. The van der Waals surface area contributed by atoms with Gasteiger partial charge in [-0.15, -0.1) is 0 Å². The lowest BCUT2D eigenvalue weighted by Gasteiger charge is -2.38. The smallest absolute Gasteiger partial charge is 0.226 e. The van der Waals surface area contributed by atoms with Crippen molar-refractivity contribution >= 4 is 5.91 Å². The molecule has 132 valence electrons. The Hall–Kier alpha value is -1.59. The Morgan fingerprint density at radius 2 is 1.96 bits per heavy atom. The van der Waals surface area contributed by atoms with E-state index in [1.807, 2.05) is 29.2 Å². The van der Waals surface area contributed by atoms with Crippen LogP contribution >= 0.6 is 0 Å². The second-order valence-electron chi connectivity index (χ2n) is 7.00. The van der Waals surface area contributed by atoms with Crippen molar-refractivity contribution in [2.45, 2.75) is 31.8 Å². The predicted octanol–water partition coefficient (Wildman–Crippen LogP) is 2.28. The van der Waals surface area contributed by atoms with E-state index in [2.05, 4.69) is 0 Å². The first-order valence-corrected chi connectivity index (χ1v) is 8.65. The van der Waals surface area contributed by atoms with Crippen LogP contribution in [0.2, 0.25) is 0 Å². The Morgan fingerprint density at radius 3 is 2.58 bits per heavy atom. The quantitative estimate of drug-likeness (QED) is 0.829. The molecule has 0 radical (unpaired) electrons. The molecule has 0 unspecified atom stereocenters. The van der Waals surface area contributed by atoms with Crippen LogP contribution in [0.3, 0.4) is 0 Å². The van der Waals surface area contributed by atoms with Crippen molar-refractivity contribution in [1.82, 2.24) is 4.90 Å². The molecule has 2 aliphatic heterocycles.